The summed E-state index contributed by atoms with van der Waals surface area (Å²) >= 11 is 0. The third-order valence-electron chi connectivity index (χ3n) is 22.2. The summed E-state index contributed by atoms with van der Waals surface area (Å²) in [4.78, 5) is 13.4. The van der Waals surface area contributed by atoms with Gasteiger partial charge in [0, 0.05) is 6.42 Å². The van der Waals surface area contributed by atoms with Crippen LogP contribution in [0.1, 0.15) is 444 Å². The number of carbonyl (C=O) groups excluding carboxylic acids is 1. The summed E-state index contributed by atoms with van der Waals surface area (Å²) < 4.78 is 23.0. The number of nitrogens with one attached hydrogen (secondary N) is 1. The fourth-order valence-corrected chi connectivity index (χ4v) is 15.2. The Hall–Kier alpha value is -1.27. The average Bonchev–Trinajstić information content (AvgIpc) is 0.791. The Morgan fingerprint density at radius 1 is 0.347 bits per heavy atom. The Morgan fingerprint density at radius 2 is 0.614 bits per heavy atom. The van der Waals surface area contributed by atoms with Gasteiger partial charge in [-0.2, -0.15) is 0 Å². The average molecular weight is 1440 g/mol. The van der Waals surface area contributed by atoms with Crippen LogP contribution >= 0.6 is 0 Å². The topological polar surface area (TPSA) is 228 Å². The Balaban J connectivity index is 1.55. The van der Waals surface area contributed by atoms with Crippen molar-refractivity contribution >= 4 is 5.91 Å². The lowest BCUT2D eigenvalue weighted by Gasteiger charge is -2.46. The summed E-state index contributed by atoms with van der Waals surface area (Å²) in [5.41, 5.74) is 0. The van der Waals surface area contributed by atoms with E-state index in [4.69, 9.17) is 18.9 Å². The Labute approximate surface area is 622 Å². The molecule has 101 heavy (non-hydrogen) atoms. The summed E-state index contributed by atoms with van der Waals surface area (Å²) in [6.45, 7) is 2.89. The second kappa shape index (κ2) is 71.6. The van der Waals surface area contributed by atoms with E-state index in [9.17, 15) is 45.6 Å². The SMILES string of the molecule is CCCCCCCCCCCCCCCCCCCCCCCCCCC/C=C/C(O)C(COC1OC(CO)C(OC2OC(CO)C(O)C(O)C2O)C(O)C1O)NC(=O)CCCCCCCCCCCCCCCCCCCCCCCCCCCCCCCCCCCCCCCCCC. The van der Waals surface area contributed by atoms with E-state index in [1.165, 1.54) is 379 Å². The molecule has 2 fully saturated rings. The van der Waals surface area contributed by atoms with Crippen molar-refractivity contribution in [3.05, 3.63) is 12.2 Å². The van der Waals surface area contributed by atoms with E-state index in [0.29, 0.717) is 0 Å². The van der Waals surface area contributed by atoms with Crippen LogP contribution in [0.3, 0.4) is 0 Å². The first kappa shape index (κ1) is 95.8. The van der Waals surface area contributed by atoms with Gasteiger partial charge in [-0.05, 0) is 19.3 Å². The second-order valence-electron chi connectivity index (χ2n) is 31.7. The minimum absolute atomic E-state index is 0.227. The largest absolute Gasteiger partial charge is 0.394 e. The third-order valence-corrected chi connectivity index (χ3v) is 22.2. The highest BCUT2D eigenvalue weighted by molar-refractivity contribution is 5.76. The molecule has 14 heteroatoms. The summed E-state index contributed by atoms with van der Waals surface area (Å²) in [7, 11) is 0. The minimum Gasteiger partial charge on any atom is -0.394 e. The van der Waals surface area contributed by atoms with Crippen LogP contribution in [0.2, 0.25) is 0 Å². The summed E-state index contributed by atoms with van der Waals surface area (Å²) in [5, 5.41) is 87.8. The number of hydrogen-bond donors (Lipinski definition) is 9. The third kappa shape index (κ3) is 54.1. The maximum atomic E-state index is 13.4. The highest BCUT2D eigenvalue weighted by atomic mass is 16.7. The summed E-state index contributed by atoms with van der Waals surface area (Å²) in [5.74, 6) is -0.227. The first-order valence-corrected chi connectivity index (χ1v) is 44.4. The van der Waals surface area contributed by atoms with Crippen LogP contribution in [0.25, 0.3) is 0 Å². The number of rotatable bonds is 77. The monoisotopic (exact) mass is 1440 g/mol. The van der Waals surface area contributed by atoms with Gasteiger partial charge in [-0.3, -0.25) is 4.79 Å². The molecule has 12 unspecified atom stereocenters. The molecule has 600 valence electrons. The zero-order chi connectivity index (χ0) is 73.0. The summed E-state index contributed by atoms with van der Waals surface area (Å²) in [6, 6.07) is -0.913. The maximum Gasteiger partial charge on any atom is 0.220 e. The highest BCUT2D eigenvalue weighted by Crippen LogP contribution is 2.31. The van der Waals surface area contributed by atoms with Gasteiger partial charge in [0.2, 0.25) is 5.91 Å². The van der Waals surface area contributed by atoms with Crippen molar-refractivity contribution in [3.63, 3.8) is 0 Å². The lowest BCUT2D eigenvalue weighted by atomic mass is 9.97. The van der Waals surface area contributed by atoms with E-state index < -0.39 is 86.8 Å². The van der Waals surface area contributed by atoms with E-state index in [1.807, 2.05) is 6.08 Å². The molecule has 0 aliphatic carbocycles. The zero-order valence-electron chi connectivity index (χ0n) is 66.2. The predicted octanol–water partition coefficient (Wildman–Crippen LogP) is 21.2. The summed E-state index contributed by atoms with van der Waals surface area (Å²) in [6.07, 6.45) is 76.2. The van der Waals surface area contributed by atoms with Crippen molar-refractivity contribution < 1.29 is 64.6 Å². The molecule has 0 spiro atoms. The van der Waals surface area contributed by atoms with Crippen molar-refractivity contribution in [2.45, 2.75) is 518 Å². The molecule has 1 amide bonds. The van der Waals surface area contributed by atoms with E-state index in [1.54, 1.807) is 6.08 Å². The number of aliphatic hydroxyl groups is 8. The molecule has 0 saturated carbocycles. The molecule has 9 N–H and O–H groups in total. The molecule has 2 saturated heterocycles. The van der Waals surface area contributed by atoms with Gasteiger partial charge in [-0.15, -0.1) is 0 Å². The fraction of sp³-hybridized carbons (Fsp3) is 0.966. The normalized spacial score (nSPS) is 21.7. The zero-order valence-corrected chi connectivity index (χ0v) is 66.2. The van der Waals surface area contributed by atoms with Gasteiger partial charge in [-0.25, -0.2) is 0 Å². The van der Waals surface area contributed by atoms with Crippen molar-refractivity contribution in [1.82, 2.24) is 5.32 Å². The lowest BCUT2D eigenvalue weighted by Crippen LogP contribution is -2.65. The van der Waals surface area contributed by atoms with Gasteiger partial charge in [0.25, 0.3) is 0 Å². The van der Waals surface area contributed by atoms with Gasteiger partial charge < -0.3 is 65.1 Å². The number of aliphatic hydroxyl groups excluding tert-OH is 8. The van der Waals surface area contributed by atoms with Gasteiger partial charge in [0.1, 0.15) is 48.8 Å². The van der Waals surface area contributed by atoms with Gasteiger partial charge in [-0.1, -0.05) is 431 Å². The number of hydrogen-bond acceptors (Lipinski definition) is 13. The number of ether oxygens (including phenoxy) is 4. The molecule has 2 rings (SSSR count). The molecule has 0 aromatic rings. The van der Waals surface area contributed by atoms with Crippen molar-refractivity contribution in [2.24, 2.45) is 0 Å². The standard InChI is InChI=1S/C87H169NO13/c1-3-5-7-9-11-13-15-17-19-21-23-25-27-29-31-32-33-34-35-36-37-38-39-40-41-42-43-45-47-49-51-53-55-57-59-61-63-65-67-69-71-79(92)88-75(74-98-86-84(97)82(95)85(78(73-90)100-86)101-87-83(96)81(94)80(93)77(72-89)99-87)76(91)70-68-66-64-62-60-58-56-54-52-50-48-46-44-30-28-26-24-22-20-18-16-14-12-10-8-6-4-2/h68,70,75-78,80-87,89-91,93-97H,3-67,69,71-74H2,1-2H3,(H,88,92)/b70-68+. The molecule has 0 aromatic carbocycles. The molecular weight excluding hydrogens is 1270 g/mol. The van der Waals surface area contributed by atoms with Gasteiger partial charge >= 0.3 is 0 Å². The Bertz CT molecular complexity index is 1740. The van der Waals surface area contributed by atoms with Crippen molar-refractivity contribution in [2.75, 3.05) is 19.8 Å². The van der Waals surface area contributed by atoms with E-state index in [2.05, 4.69) is 19.2 Å². The first-order valence-electron chi connectivity index (χ1n) is 44.4. The molecule has 0 bridgehead atoms. The molecule has 2 heterocycles. The maximum absolute atomic E-state index is 13.4. The van der Waals surface area contributed by atoms with Crippen LogP contribution in [0.5, 0.6) is 0 Å². The van der Waals surface area contributed by atoms with Crippen LogP contribution in [0, 0.1) is 0 Å². The molecular formula is C87H169NO13. The quantitative estimate of drug-likeness (QED) is 0.0204. The molecule has 0 radical (unpaired) electrons. The van der Waals surface area contributed by atoms with Crippen LogP contribution in [0.4, 0.5) is 0 Å². The molecule has 14 nitrogen and oxygen atoms in total. The molecule has 2 aliphatic rings. The van der Waals surface area contributed by atoms with Crippen LogP contribution < -0.4 is 5.32 Å². The molecule has 2 aliphatic heterocycles. The Morgan fingerprint density at radius 3 is 0.911 bits per heavy atom. The second-order valence-corrected chi connectivity index (χ2v) is 31.7. The molecule has 0 aromatic heterocycles. The van der Waals surface area contributed by atoms with Crippen molar-refractivity contribution in [1.29, 1.82) is 0 Å². The van der Waals surface area contributed by atoms with Crippen LogP contribution in [-0.2, 0) is 23.7 Å². The number of allylic oxidation sites excluding steroid dienone is 1. The van der Waals surface area contributed by atoms with E-state index in [0.717, 1.165) is 44.9 Å². The number of unbranched alkanes of at least 4 members (excludes halogenated alkanes) is 64. The smallest absolute Gasteiger partial charge is 0.220 e. The minimum atomic E-state index is -1.79. The Kier molecular flexibility index (Phi) is 68.0. The van der Waals surface area contributed by atoms with Gasteiger partial charge in [0.05, 0.1) is 32.0 Å². The van der Waals surface area contributed by atoms with Crippen molar-refractivity contribution in [3.8, 4) is 0 Å². The van der Waals surface area contributed by atoms with E-state index in [-0.39, 0.29) is 18.9 Å². The highest BCUT2D eigenvalue weighted by Gasteiger charge is 2.51. The number of amides is 1. The predicted molar refractivity (Wildman–Crippen MR) is 420 cm³/mol. The fourth-order valence-electron chi connectivity index (χ4n) is 15.2. The number of carbonyl (C=O) groups is 1. The molecule has 12 atom stereocenters. The van der Waals surface area contributed by atoms with Crippen LogP contribution in [0.15, 0.2) is 12.2 Å². The lowest BCUT2D eigenvalue weighted by molar-refractivity contribution is -0.359. The van der Waals surface area contributed by atoms with Gasteiger partial charge in [0.15, 0.2) is 12.6 Å². The van der Waals surface area contributed by atoms with Crippen LogP contribution in [-0.4, -0.2) is 140 Å². The first-order chi connectivity index (χ1) is 49.6. The van der Waals surface area contributed by atoms with E-state index >= 15 is 0 Å².